The summed E-state index contributed by atoms with van der Waals surface area (Å²) in [6, 6.07) is 0. The molecular weight excluding hydrogens is 200 g/mol. The second-order valence-electron chi connectivity index (χ2n) is 4.88. The van der Waals surface area contributed by atoms with Crippen LogP contribution in [0.4, 0.5) is 0 Å². The molecule has 0 saturated heterocycles. The minimum Gasteiger partial charge on any atom is -0.356 e. The molecule has 16 heavy (non-hydrogen) atoms. The minimum atomic E-state index is 0.258. The molecule has 3 heteroatoms. The van der Waals surface area contributed by atoms with Gasteiger partial charge in [-0.2, -0.15) is 0 Å². The zero-order valence-corrected chi connectivity index (χ0v) is 10.0. The van der Waals surface area contributed by atoms with E-state index in [1.54, 1.807) is 0 Å². The van der Waals surface area contributed by atoms with E-state index in [4.69, 9.17) is 0 Å². The maximum atomic E-state index is 11.9. The lowest BCUT2D eigenvalue weighted by Gasteiger charge is -2.17. The van der Waals surface area contributed by atoms with Gasteiger partial charge >= 0.3 is 0 Å². The molecule has 0 aliphatic heterocycles. The third-order valence-corrected chi connectivity index (χ3v) is 3.70. The summed E-state index contributed by atoms with van der Waals surface area (Å²) < 4.78 is 0. The summed E-state index contributed by atoms with van der Waals surface area (Å²) in [5.74, 6) is 1.74. The first kappa shape index (κ1) is 11.6. The minimum absolute atomic E-state index is 0.258. The number of nitrogens with one attached hydrogen (secondary N) is 2. The highest BCUT2D eigenvalue weighted by Crippen LogP contribution is 2.43. The predicted molar refractivity (Wildman–Crippen MR) is 65.0 cm³/mol. The molecule has 0 spiro atoms. The van der Waals surface area contributed by atoms with Gasteiger partial charge in [0, 0.05) is 12.5 Å². The third-order valence-electron chi connectivity index (χ3n) is 3.70. The van der Waals surface area contributed by atoms with Crippen LogP contribution in [0.15, 0.2) is 12.2 Å². The van der Waals surface area contributed by atoms with Crippen molar-refractivity contribution in [3.8, 4) is 0 Å². The van der Waals surface area contributed by atoms with Gasteiger partial charge in [-0.3, -0.25) is 4.79 Å². The molecule has 2 bridgehead atoms. The fraction of sp³-hybridized carbons (Fsp3) is 0.769. The number of amides is 1. The Morgan fingerprint density at radius 1 is 1.31 bits per heavy atom. The molecule has 1 amide bonds. The van der Waals surface area contributed by atoms with Crippen LogP contribution in [0.25, 0.3) is 0 Å². The Morgan fingerprint density at radius 3 is 2.81 bits per heavy atom. The third kappa shape index (κ3) is 2.64. The standard InChI is InChI=1S/C13H22N2O/c1-2-14-6-3-7-15-13(16)12-9-10-4-5-11(12)8-10/h4-5,10-12,14H,2-3,6-9H2,1H3,(H,15,16). The van der Waals surface area contributed by atoms with Gasteiger partial charge in [-0.25, -0.2) is 0 Å². The highest BCUT2D eigenvalue weighted by atomic mass is 16.1. The van der Waals surface area contributed by atoms with Crippen LogP contribution in [0.2, 0.25) is 0 Å². The summed E-state index contributed by atoms with van der Waals surface area (Å²) in [6.45, 7) is 4.90. The highest BCUT2D eigenvalue weighted by molar-refractivity contribution is 5.79. The van der Waals surface area contributed by atoms with Gasteiger partial charge in [0.1, 0.15) is 0 Å². The number of hydrogen-bond donors (Lipinski definition) is 2. The number of rotatable bonds is 6. The van der Waals surface area contributed by atoms with E-state index in [1.807, 2.05) is 0 Å². The first-order chi connectivity index (χ1) is 7.81. The van der Waals surface area contributed by atoms with Gasteiger partial charge < -0.3 is 10.6 Å². The van der Waals surface area contributed by atoms with Gasteiger partial charge in [-0.05, 0) is 44.2 Å². The second kappa shape index (κ2) is 5.48. The van der Waals surface area contributed by atoms with Crippen LogP contribution >= 0.6 is 0 Å². The van der Waals surface area contributed by atoms with E-state index in [0.717, 1.165) is 32.5 Å². The van der Waals surface area contributed by atoms with Gasteiger partial charge in [0.05, 0.1) is 0 Å². The maximum Gasteiger partial charge on any atom is 0.223 e. The van der Waals surface area contributed by atoms with Crippen molar-refractivity contribution in [3.63, 3.8) is 0 Å². The van der Waals surface area contributed by atoms with Gasteiger partial charge in [-0.15, -0.1) is 0 Å². The monoisotopic (exact) mass is 222 g/mol. The van der Waals surface area contributed by atoms with E-state index in [-0.39, 0.29) is 11.8 Å². The van der Waals surface area contributed by atoms with E-state index < -0.39 is 0 Å². The number of carbonyl (C=O) groups excluding carboxylic acids is 1. The Bertz CT molecular complexity index is 275. The fourth-order valence-corrected chi connectivity index (χ4v) is 2.82. The topological polar surface area (TPSA) is 41.1 Å². The molecule has 2 N–H and O–H groups in total. The summed E-state index contributed by atoms with van der Waals surface area (Å²) in [5, 5.41) is 6.31. The molecule has 3 atom stereocenters. The van der Waals surface area contributed by atoms with E-state index in [0.29, 0.717) is 11.8 Å². The average Bonchev–Trinajstić information content (AvgIpc) is 2.90. The molecule has 0 aromatic carbocycles. The molecule has 3 nitrogen and oxygen atoms in total. The number of hydrogen-bond acceptors (Lipinski definition) is 2. The lowest BCUT2D eigenvalue weighted by Crippen LogP contribution is -2.34. The first-order valence-corrected chi connectivity index (χ1v) is 6.48. The van der Waals surface area contributed by atoms with Crippen molar-refractivity contribution in [2.75, 3.05) is 19.6 Å². The Balaban J connectivity index is 1.63. The molecule has 1 fully saturated rings. The average molecular weight is 222 g/mol. The Morgan fingerprint density at radius 2 is 2.19 bits per heavy atom. The van der Waals surface area contributed by atoms with Crippen LogP contribution in [0.1, 0.15) is 26.2 Å². The van der Waals surface area contributed by atoms with Crippen LogP contribution in [-0.2, 0) is 4.79 Å². The van der Waals surface area contributed by atoms with Gasteiger partial charge in [-0.1, -0.05) is 19.1 Å². The summed E-state index contributed by atoms with van der Waals surface area (Å²) >= 11 is 0. The number of fused-ring (bicyclic) bond motifs is 2. The SMILES string of the molecule is CCNCCCNC(=O)C1CC2C=CC1C2. The number of allylic oxidation sites excluding steroid dienone is 2. The fourth-order valence-electron chi connectivity index (χ4n) is 2.82. The highest BCUT2D eigenvalue weighted by Gasteiger charge is 2.39. The summed E-state index contributed by atoms with van der Waals surface area (Å²) in [7, 11) is 0. The molecular formula is C13H22N2O. The predicted octanol–water partition coefficient (Wildman–Crippen LogP) is 1.31. The first-order valence-electron chi connectivity index (χ1n) is 6.48. The molecule has 90 valence electrons. The van der Waals surface area contributed by atoms with Crippen molar-refractivity contribution in [1.29, 1.82) is 0 Å². The van der Waals surface area contributed by atoms with Crippen molar-refractivity contribution >= 4 is 5.91 Å². The molecule has 0 radical (unpaired) electrons. The van der Waals surface area contributed by atoms with Crippen molar-refractivity contribution in [2.45, 2.75) is 26.2 Å². The molecule has 2 rings (SSSR count). The van der Waals surface area contributed by atoms with E-state index in [1.165, 1.54) is 6.42 Å². The van der Waals surface area contributed by atoms with Crippen LogP contribution in [0, 0.1) is 17.8 Å². The Kier molecular flexibility index (Phi) is 3.99. The molecule has 1 saturated carbocycles. The largest absolute Gasteiger partial charge is 0.356 e. The second-order valence-corrected chi connectivity index (χ2v) is 4.88. The zero-order valence-electron chi connectivity index (χ0n) is 10.0. The molecule has 0 aromatic rings. The Labute approximate surface area is 97.7 Å². The maximum absolute atomic E-state index is 11.9. The zero-order chi connectivity index (χ0) is 11.4. The molecule has 2 aliphatic carbocycles. The molecule has 2 aliphatic rings. The number of carbonyl (C=O) groups is 1. The van der Waals surface area contributed by atoms with E-state index in [2.05, 4.69) is 29.7 Å². The quantitative estimate of drug-likeness (QED) is 0.525. The van der Waals surface area contributed by atoms with E-state index >= 15 is 0 Å². The molecule has 3 unspecified atom stereocenters. The van der Waals surface area contributed by atoms with Crippen LogP contribution < -0.4 is 10.6 Å². The van der Waals surface area contributed by atoms with Crippen molar-refractivity contribution in [2.24, 2.45) is 17.8 Å². The van der Waals surface area contributed by atoms with Crippen molar-refractivity contribution in [1.82, 2.24) is 10.6 Å². The summed E-state index contributed by atoms with van der Waals surface area (Å²) in [5.41, 5.74) is 0. The van der Waals surface area contributed by atoms with Crippen LogP contribution in [0.5, 0.6) is 0 Å². The van der Waals surface area contributed by atoms with E-state index in [9.17, 15) is 4.79 Å². The van der Waals surface area contributed by atoms with Gasteiger partial charge in [0.25, 0.3) is 0 Å². The van der Waals surface area contributed by atoms with Crippen LogP contribution in [-0.4, -0.2) is 25.5 Å². The smallest absolute Gasteiger partial charge is 0.223 e. The summed E-state index contributed by atoms with van der Waals surface area (Å²) in [4.78, 5) is 11.9. The van der Waals surface area contributed by atoms with Gasteiger partial charge in [0.15, 0.2) is 0 Å². The van der Waals surface area contributed by atoms with Gasteiger partial charge in [0.2, 0.25) is 5.91 Å². The summed E-state index contributed by atoms with van der Waals surface area (Å²) in [6.07, 6.45) is 7.81. The lowest BCUT2D eigenvalue weighted by molar-refractivity contribution is -0.125. The van der Waals surface area contributed by atoms with Crippen molar-refractivity contribution in [3.05, 3.63) is 12.2 Å². The van der Waals surface area contributed by atoms with Crippen LogP contribution in [0.3, 0.4) is 0 Å². The molecule has 0 aromatic heterocycles. The Hall–Kier alpha value is -0.830. The normalized spacial score (nSPS) is 30.9. The molecule has 0 heterocycles. The van der Waals surface area contributed by atoms with Crippen molar-refractivity contribution < 1.29 is 4.79 Å². The lowest BCUT2D eigenvalue weighted by atomic mass is 9.93.